The SMILES string of the molecule is C=CNc1cc(OC)c(=O)n(C(C)C)c1.C=N. The topological polar surface area (TPSA) is 67.1 Å². The zero-order valence-corrected chi connectivity index (χ0v) is 10.5. The van der Waals surface area contributed by atoms with Gasteiger partial charge in [-0.25, -0.2) is 0 Å². The van der Waals surface area contributed by atoms with E-state index >= 15 is 0 Å². The van der Waals surface area contributed by atoms with Crippen LogP contribution in [0.15, 0.2) is 29.8 Å². The molecule has 94 valence electrons. The maximum atomic E-state index is 11.8. The van der Waals surface area contributed by atoms with Crippen LogP contribution in [0.3, 0.4) is 0 Å². The molecule has 0 aliphatic carbocycles. The molecule has 5 heteroatoms. The Balaban J connectivity index is 0.00000121. The molecule has 17 heavy (non-hydrogen) atoms. The van der Waals surface area contributed by atoms with Crippen LogP contribution in [0.25, 0.3) is 0 Å². The second-order valence-corrected chi connectivity index (χ2v) is 3.45. The molecule has 1 aromatic heterocycles. The maximum absolute atomic E-state index is 11.8. The van der Waals surface area contributed by atoms with Crippen LogP contribution >= 0.6 is 0 Å². The smallest absolute Gasteiger partial charge is 0.293 e. The van der Waals surface area contributed by atoms with E-state index in [1.807, 2.05) is 13.8 Å². The molecule has 1 aromatic rings. The van der Waals surface area contributed by atoms with Crippen molar-refractivity contribution in [1.82, 2.24) is 4.57 Å². The van der Waals surface area contributed by atoms with E-state index in [0.717, 1.165) is 5.69 Å². The van der Waals surface area contributed by atoms with Crippen molar-refractivity contribution in [2.45, 2.75) is 19.9 Å². The van der Waals surface area contributed by atoms with Crippen LogP contribution in [0.2, 0.25) is 0 Å². The highest BCUT2D eigenvalue weighted by atomic mass is 16.5. The van der Waals surface area contributed by atoms with Crippen LogP contribution in [0.4, 0.5) is 5.69 Å². The lowest BCUT2D eigenvalue weighted by molar-refractivity contribution is 0.399. The Morgan fingerprint density at radius 2 is 2.12 bits per heavy atom. The molecule has 2 N–H and O–H groups in total. The third kappa shape index (κ3) is 3.79. The molecule has 1 heterocycles. The molecule has 0 radical (unpaired) electrons. The average molecular weight is 237 g/mol. The van der Waals surface area contributed by atoms with Gasteiger partial charge >= 0.3 is 0 Å². The number of ether oxygens (including phenoxy) is 1. The third-order valence-electron chi connectivity index (χ3n) is 2.06. The van der Waals surface area contributed by atoms with Crippen LogP contribution < -0.4 is 15.6 Å². The van der Waals surface area contributed by atoms with Crippen LogP contribution in [-0.2, 0) is 0 Å². The van der Waals surface area contributed by atoms with Crippen molar-refractivity contribution in [2.24, 2.45) is 0 Å². The summed E-state index contributed by atoms with van der Waals surface area (Å²) in [6, 6.07) is 1.75. The standard InChI is InChI=1S/C11H16N2O2.CH3N/c1-5-12-9-6-10(15-4)11(14)13(7-9)8(2)3;1-2/h5-8,12H,1H2,2-4H3;2H,1H2. The zero-order chi connectivity index (χ0) is 13.4. The molecule has 0 spiro atoms. The number of hydrogen-bond donors (Lipinski definition) is 2. The molecule has 5 nitrogen and oxygen atoms in total. The maximum Gasteiger partial charge on any atom is 0.293 e. The number of methoxy groups -OCH3 is 1. The first kappa shape index (κ1) is 15.0. The molecule has 0 saturated carbocycles. The summed E-state index contributed by atoms with van der Waals surface area (Å²) >= 11 is 0. The first-order chi connectivity index (χ1) is 8.10. The van der Waals surface area contributed by atoms with E-state index in [4.69, 9.17) is 10.1 Å². The molecule has 1 rings (SSSR count). The number of anilines is 1. The fourth-order valence-electron chi connectivity index (χ4n) is 1.30. The third-order valence-corrected chi connectivity index (χ3v) is 2.06. The van der Waals surface area contributed by atoms with Crippen LogP contribution in [0.1, 0.15) is 19.9 Å². The number of nitrogens with zero attached hydrogens (tertiary/aromatic N) is 1. The van der Waals surface area contributed by atoms with Gasteiger partial charge in [0.15, 0.2) is 5.75 Å². The summed E-state index contributed by atoms with van der Waals surface area (Å²) in [7, 11) is 1.49. The van der Waals surface area contributed by atoms with Gasteiger partial charge < -0.3 is 20.0 Å². The van der Waals surface area contributed by atoms with Gasteiger partial charge in [-0.3, -0.25) is 4.79 Å². The fourth-order valence-corrected chi connectivity index (χ4v) is 1.30. The van der Waals surface area contributed by atoms with Gasteiger partial charge in [-0.2, -0.15) is 0 Å². The first-order valence-electron chi connectivity index (χ1n) is 5.13. The predicted octanol–water partition coefficient (Wildman–Crippen LogP) is 2.26. The van der Waals surface area contributed by atoms with Gasteiger partial charge in [-0.05, 0) is 26.8 Å². The Bertz CT molecular complexity index is 424. The predicted molar refractivity (Wildman–Crippen MR) is 71.3 cm³/mol. The quantitative estimate of drug-likeness (QED) is 0.789. The van der Waals surface area contributed by atoms with E-state index in [2.05, 4.69) is 18.6 Å². The second kappa shape index (κ2) is 7.27. The lowest BCUT2D eigenvalue weighted by atomic mass is 10.3. The van der Waals surface area contributed by atoms with Crippen molar-refractivity contribution >= 4 is 12.4 Å². The van der Waals surface area contributed by atoms with E-state index in [-0.39, 0.29) is 11.6 Å². The summed E-state index contributed by atoms with van der Waals surface area (Å²) in [6.07, 6.45) is 3.31. The van der Waals surface area contributed by atoms with Gasteiger partial charge in [0.25, 0.3) is 5.56 Å². The number of nitrogens with one attached hydrogen (secondary N) is 2. The van der Waals surface area contributed by atoms with Gasteiger partial charge in [-0.1, -0.05) is 6.58 Å². The van der Waals surface area contributed by atoms with Crippen LogP contribution in [-0.4, -0.2) is 18.4 Å². The Kier molecular flexibility index (Phi) is 6.40. The molecule has 0 bridgehead atoms. The van der Waals surface area contributed by atoms with Crippen molar-refractivity contribution < 1.29 is 4.74 Å². The van der Waals surface area contributed by atoms with Crippen molar-refractivity contribution in [3.63, 3.8) is 0 Å². The molecule has 0 amide bonds. The second-order valence-electron chi connectivity index (χ2n) is 3.45. The molecule has 0 saturated heterocycles. The van der Waals surface area contributed by atoms with Gasteiger partial charge in [0, 0.05) is 18.3 Å². The minimum absolute atomic E-state index is 0.0953. The van der Waals surface area contributed by atoms with Crippen LogP contribution in [0.5, 0.6) is 5.75 Å². The molecule has 0 aliphatic heterocycles. The lowest BCUT2D eigenvalue weighted by Crippen LogP contribution is -2.22. The van der Waals surface area contributed by atoms with E-state index < -0.39 is 0 Å². The van der Waals surface area contributed by atoms with Crippen molar-refractivity contribution in [2.75, 3.05) is 12.4 Å². The van der Waals surface area contributed by atoms with Crippen molar-refractivity contribution in [1.29, 1.82) is 5.41 Å². The minimum Gasteiger partial charge on any atom is -0.491 e. The van der Waals surface area contributed by atoms with E-state index in [9.17, 15) is 4.79 Å². The molecular weight excluding hydrogens is 218 g/mol. The lowest BCUT2D eigenvalue weighted by Gasteiger charge is -2.13. The van der Waals surface area contributed by atoms with Crippen molar-refractivity contribution in [3.8, 4) is 5.75 Å². The van der Waals surface area contributed by atoms with Crippen molar-refractivity contribution in [3.05, 3.63) is 35.4 Å². The van der Waals surface area contributed by atoms with E-state index in [0.29, 0.717) is 5.75 Å². The minimum atomic E-state index is -0.123. The highest BCUT2D eigenvalue weighted by Crippen LogP contribution is 2.15. The molecular formula is C12H19N3O2. The van der Waals surface area contributed by atoms with Gasteiger partial charge in [0.1, 0.15) is 0 Å². The first-order valence-corrected chi connectivity index (χ1v) is 5.13. The Morgan fingerprint density at radius 1 is 1.53 bits per heavy atom. The summed E-state index contributed by atoms with van der Waals surface area (Å²) in [5.41, 5.74) is 0.664. The highest BCUT2D eigenvalue weighted by Gasteiger charge is 2.08. The summed E-state index contributed by atoms with van der Waals surface area (Å²) in [5.74, 6) is 0.329. The Hall–Kier alpha value is -2.04. The Morgan fingerprint density at radius 3 is 2.53 bits per heavy atom. The number of pyridine rings is 1. The summed E-state index contributed by atoms with van der Waals surface area (Å²) in [5, 5.41) is 8.43. The molecule has 0 unspecified atom stereocenters. The van der Waals surface area contributed by atoms with Gasteiger partial charge in [-0.15, -0.1) is 0 Å². The van der Waals surface area contributed by atoms with E-state index in [1.165, 1.54) is 7.11 Å². The van der Waals surface area contributed by atoms with E-state index in [1.54, 1.807) is 23.0 Å². The molecule has 0 fully saturated rings. The summed E-state index contributed by atoms with van der Waals surface area (Å²) < 4.78 is 6.63. The Labute approximate surface area is 101 Å². The number of hydrogen-bond acceptors (Lipinski definition) is 4. The largest absolute Gasteiger partial charge is 0.491 e. The molecule has 0 aliphatic rings. The fraction of sp³-hybridized carbons (Fsp3) is 0.333. The zero-order valence-electron chi connectivity index (χ0n) is 10.5. The highest BCUT2D eigenvalue weighted by molar-refractivity contribution is 5.47. The van der Waals surface area contributed by atoms with Gasteiger partial charge in [0.05, 0.1) is 12.8 Å². The number of rotatable bonds is 4. The molecule has 0 aromatic carbocycles. The number of aromatic nitrogens is 1. The van der Waals surface area contributed by atoms with Crippen LogP contribution in [0, 0.1) is 5.41 Å². The molecule has 0 atom stereocenters. The normalized spacial score (nSPS) is 9.18. The summed E-state index contributed by atoms with van der Waals surface area (Å²) in [4.78, 5) is 11.8. The summed E-state index contributed by atoms with van der Waals surface area (Å²) in [6.45, 7) is 9.96. The monoisotopic (exact) mass is 237 g/mol. The average Bonchev–Trinajstić information content (AvgIpc) is 2.33. The van der Waals surface area contributed by atoms with Gasteiger partial charge in [0.2, 0.25) is 0 Å².